The lowest BCUT2D eigenvalue weighted by Crippen LogP contribution is -2.66. The van der Waals surface area contributed by atoms with E-state index in [2.05, 4.69) is 41.2 Å². The molecule has 4 fully saturated rings. The van der Waals surface area contributed by atoms with Gasteiger partial charge in [-0.3, -0.25) is 4.79 Å². The molecule has 232 valence electrons. The van der Waals surface area contributed by atoms with E-state index >= 15 is 0 Å². The number of hydrogen-bond acceptors (Lipinski definition) is 8. The van der Waals surface area contributed by atoms with Crippen molar-refractivity contribution >= 4 is 5.91 Å². The average Bonchev–Trinajstić information content (AvgIpc) is 2.94. The van der Waals surface area contributed by atoms with Crippen molar-refractivity contribution in [2.75, 3.05) is 46.9 Å². The molecule has 2 heterocycles. The highest BCUT2D eigenvalue weighted by Crippen LogP contribution is 2.37. The second-order valence-corrected chi connectivity index (χ2v) is 13.4. The van der Waals surface area contributed by atoms with Crippen LogP contribution in [-0.2, 0) is 14.3 Å². The summed E-state index contributed by atoms with van der Waals surface area (Å²) in [5.41, 5.74) is 0. The summed E-state index contributed by atoms with van der Waals surface area (Å²) in [7, 11) is 3.97. The van der Waals surface area contributed by atoms with E-state index in [1.807, 2.05) is 32.0 Å². The molecular formula is C32H56N6O3. The minimum atomic E-state index is -0.101. The Kier molecular flexibility index (Phi) is 12.5. The highest BCUT2D eigenvalue weighted by Gasteiger charge is 2.47. The quantitative estimate of drug-likeness (QED) is 0.280. The maximum absolute atomic E-state index is 12.8. The van der Waals surface area contributed by atoms with Gasteiger partial charge in [0.2, 0.25) is 5.91 Å². The van der Waals surface area contributed by atoms with Gasteiger partial charge in [-0.05, 0) is 90.3 Å². The van der Waals surface area contributed by atoms with Crippen LogP contribution >= 0.6 is 0 Å². The smallest absolute Gasteiger partial charge is 0.244 e. The van der Waals surface area contributed by atoms with Gasteiger partial charge >= 0.3 is 0 Å². The van der Waals surface area contributed by atoms with E-state index in [4.69, 9.17) is 9.47 Å². The van der Waals surface area contributed by atoms with Crippen LogP contribution in [0.2, 0.25) is 0 Å². The molecule has 9 heteroatoms. The molecule has 4 N–H and O–H groups in total. The van der Waals surface area contributed by atoms with Crippen LogP contribution in [-0.4, -0.2) is 100 Å². The van der Waals surface area contributed by atoms with Gasteiger partial charge < -0.3 is 35.6 Å². The minimum Gasteiger partial charge on any atom is -0.377 e. The number of likely N-dealkylation sites (N-methyl/N-ethyl adjacent to an activating group) is 1. The summed E-state index contributed by atoms with van der Waals surface area (Å²) < 4.78 is 12.6. The molecule has 0 radical (unpaired) electrons. The maximum Gasteiger partial charge on any atom is 0.244 e. The number of carbonyl (C=O) groups is 1. The Morgan fingerprint density at radius 2 is 1.90 bits per heavy atom. The number of carbonyl (C=O) groups excluding carboxylic acids is 1. The second-order valence-electron chi connectivity index (χ2n) is 13.4. The van der Waals surface area contributed by atoms with E-state index in [0.29, 0.717) is 43.2 Å². The zero-order valence-corrected chi connectivity index (χ0v) is 26.1. The third-order valence-electron chi connectivity index (χ3n) is 10.1. The first-order valence-corrected chi connectivity index (χ1v) is 16.3. The first-order chi connectivity index (χ1) is 19.8. The van der Waals surface area contributed by atoms with Crippen molar-refractivity contribution in [1.29, 1.82) is 5.26 Å². The summed E-state index contributed by atoms with van der Waals surface area (Å²) in [6.07, 6.45) is 11.2. The summed E-state index contributed by atoms with van der Waals surface area (Å²) in [6.45, 7) is 10.6. The number of amides is 1. The molecule has 11 unspecified atom stereocenters. The Labute approximate surface area is 248 Å². The summed E-state index contributed by atoms with van der Waals surface area (Å²) in [5.74, 6) is 1.23. The van der Waals surface area contributed by atoms with Crippen molar-refractivity contribution < 1.29 is 14.3 Å². The number of nitrogens with zero attached hydrogens (tertiary/aromatic N) is 2. The van der Waals surface area contributed by atoms with Crippen LogP contribution in [0.4, 0.5) is 0 Å². The predicted octanol–water partition coefficient (Wildman–Crippen LogP) is 2.44. The van der Waals surface area contributed by atoms with Crippen molar-refractivity contribution in [3.05, 3.63) is 12.2 Å². The van der Waals surface area contributed by atoms with Gasteiger partial charge in [0.05, 0.1) is 36.8 Å². The highest BCUT2D eigenvalue weighted by molar-refractivity contribution is 5.87. The van der Waals surface area contributed by atoms with E-state index in [1.165, 1.54) is 12.8 Å². The number of nitrogens with one attached hydrogen (secondary N) is 4. The number of hydrogen-bond donors (Lipinski definition) is 4. The lowest BCUT2D eigenvalue weighted by molar-refractivity contribution is -0.120. The number of rotatable bonds is 11. The zero-order chi connectivity index (χ0) is 29.4. The SMILES string of the molecule is CCOC1CC2NCC(C#N)C(NC3CCC(OCC4NCCCC4C)CC3C)C2CC1NC(=O)/C=C/CN(C)C. The van der Waals surface area contributed by atoms with Crippen LogP contribution in [0.1, 0.15) is 65.7 Å². The largest absolute Gasteiger partial charge is 0.377 e. The van der Waals surface area contributed by atoms with E-state index in [-0.39, 0.29) is 42.0 Å². The number of fused-ring (bicyclic) bond motifs is 1. The molecule has 11 atom stereocenters. The fraction of sp³-hybridized carbons (Fsp3) is 0.875. The predicted molar refractivity (Wildman–Crippen MR) is 162 cm³/mol. The monoisotopic (exact) mass is 572 g/mol. The first kappa shape index (κ1) is 32.4. The number of nitriles is 1. The van der Waals surface area contributed by atoms with Crippen LogP contribution in [0.3, 0.4) is 0 Å². The van der Waals surface area contributed by atoms with E-state index in [0.717, 1.165) is 51.8 Å². The molecule has 0 aromatic rings. The van der Waals surface area contributed by atoms with Gasteiger partial charge in [0.1, 0.15) is 0 Å². The molecule has 0 bridgehead atoms. The van der Waals surface area contributed by atoms with Gasteiger partial charge in [0.15, 0.2) is 0 Å². The third-order valence-corrected chi connectivity index (χ3v) is 10.1. The summed E-state index contributed by atoms with van der Waals surface area (Å²) in [6, 6.07) is 3.73. The third kappa shape index (κ3) is 8.98. The van der Waals surface area contributed by atoms with Gasteiger partial charge in [0.25, 0.3) is 0 Å². The lowest BCUT2D eigenvalue weighted by Gasteiger charge is -2.50. The Morgan fingerprint density at radius 1 is 1.07 bits per heavy atom. The van der Waals surface area contributed by atoms with Crippen molar-refractivity contribution in [2.24, 2.45) is 23.7 Å². The van der Waals surface area contributed by atoms with E-state index in [9.17, 15) is 10.1 Å². The average molecular weight is 573 g/mol. The molecule has 41 heavy (non-hydrogen) atoms. The summed E-state index contributed by atoms with van der Waals surface area (Å²) in [5, 5.41) is 24.7. The van der Waals surface area contributed by atoms with Crippen LogP contribution in [0.5, 0.6) is 0 Å². The molecule has 9 nitrogen and oxygen atoms in total. The van der Waals surface area contributed by atoms with E-state index in [1.54, 1.807) is 6.08 Å². The van der Waals surface area contributed by atoms with Gasteiger partial charge in [-0.1, -0.05) is 19.9 Å². The van der Waals surface area contributed by atoms with E-state index < -0.39 is 0 Å². The Morgan fingerprint density at radius 3 is 2.61 bits per heavy atom. The van der Waals surface area contributed by atoms with Crippen LogP contribution in [0.15, 0.2) is 12.2 Å². The number of ether oxygens (including phenoxy) is 2. The zero-order valence-electron chi connectivity index (χ0n) is 26.1. The molecule has 0 spiro atoms. The molecule has 4 aliphatic rings. The normalized spacial score (nSPS) is 39.8. The first-order valence-electron chi connectivity index (χ1n) is 16.3. The number of piperidine rings is 2. The molecule has 2 aliphatic carbocycles. The Bertz CT molecular complexity index is 893. The molecule has 0 aromatic carbocycles. The highest BCUT2D eigenvalue weighted by atomic mass is 16.5. The summed E-state index contributed by atoms with van der Waals surface area (Å²) >= 11 is 0. The molecule has 4 rings (SSSR count). The van der Waals surface area contributed by atoms with Gasteiger partial charge in [0, 0.05) is 49.9 Å². The van der Waals surface area contributed by atoms with Crippen molar-refractivity contribution in [3.63, 3.8) is 0 Å². The molecular weight excluding hydrogens is 516 g/mol. The van der Waals surface area contributed by atoms with Crippen molar-refractivity contribution in [1.82, 2.24) is 26.2 Å². The van der Waals surface area contributed by atoms with Crippen molar-refractivity contribution in [2.45, 2.75) is 108 Å². The lowest BCUT2D eigenvalue weighted by atomic mass is 9.69. The maximum atomic E-state index is 12.8. The molecule has 2 saturated heterocycles. The summed E-state index contributed by atoms with van der Waals surface area (Å²) in [4.78, 5) is 14.8. The minimum absolute atomic E-state index is 0.0351. The standard InChI is InChI=1S/C32H56N6O3/c1-6-40-30-17-27-25(16-28(30)36-31(39)10-8-14-38(4)5)32(23(18-33)19-35-27)37-26-12-11-24(15-22(26)3)41-20-29-21(2)9-7-13-34-29/h8,10,21-30,32,34-35,37H,6-7,9,11-17,19-20H2,1-5H3,(H,36,39)/b10-8+. The molecule has 0 aromatic heterocycles. The molecule has 2 aliphatic heterocycles. The molecule has 2 saturated carbocycles. The Hall–Kier alpha value is -1.54. The second kappa shape index (κ2) is 15.8. The van der Waals surface area contributed by atoms with Gasteiger partial charge in [-0.25, -0.2) is 0 Å². The van der Waals surface area contributed by atoms with Gasteiger partial charge in [-0.2, -0.15) is 5.26 Å². The topological polar surface area (TPSA) is 111 Å². The fourth-order valence-electron chi connectivity index (χ4n) is 7.62. The molecule has 1 amide bonds. The van der Waals surface area contributed by atoms with Crippen molar-refractivity contribution in [3.8, 4) is 6.07 Å². The Balaban J connectivity index is 1.36. The van der Waals surface area contributed by atoms with Gasteiger partial charge in [-0.15, -0.1) is 0 Å². The van der Waals surface area contributed by atoms with Crippen LogP contribution in [0, 0.1) is 35.0 Å². The van der Waals surface area contributed by atoms with Crippen LogP contribution in [0.25, 0.3) is 0 Å². The fourth-order valence-corrected chi connectivity index (χ4v) is 7.62. The van der Waals surface area contributed by atoms with Crippen LogP contribution < -0.4 is 21.3 Å².